The predicted molar refractivity (Wildman–Crippen MR) is 73.4 cm³/mol. The summed E-state index contributed by atoms with van der Waals surface area (Å²) in [5.41, 5.74) is 2.03. The van der Waals surface area contributed by atoms with Gasteiger partial charge in [-0.2, -0.15) is 0 Å². The van der Waals surface area contributed by atoms with Crippen molar-refractivity contribution in [1.29, 1.82) is 0 Å². The van der Waals surface area contributed by atoms with Gasteiger partial charge in [-0.05, 0) is 30.0 Å². The molecule has 0 aliphatic carbocycles. The number of hydrogen-bond donors (Lipinski definition) is 1. The van der Waals surface area contributed by atoms with E-state index in [4.69, 9.17) is 4.74 Å². The van der Waals surface area contributed by atoms with E-state index in [0.717, 1.165) is 16.9 Å². The van der Waals surface area contributed by atoms with Crippen LogP contribution in [0.25, 0.3) is 0 Å². The van der Waals surface area contributed by atoms with Gasteiger partial charge in [-0.1, -0.05) is 26.0 Å². The van der Waals surface area contributed by atoms with Gasteiger partial charge in [-0.15, -0.1) is 0 Å². The Kier molecular flexibility index (Phi) is 5.16. The molecule has 1 aromatic carbocycles. The molecule has 0 aliphatic heterocycles. The van der Waals surface area contributed by atoms with Gasteiger partial charge in [0.25, 0.3) is 0 Å². The van der Waals surface area contributed by atoms with E-state index in [-0.39, 0.29) is 5.75 Å². The van der Waals surface area contributed by atoms with E-state index >= 15 is 0 Å². The lowest BCUT2D eigenvalue weighted by Crippen LogP contribution is -2.24. The Morgan fingerprint density at radius 2 is 2.00 bits per heavy atom. The summed E-state index contributed by atoms with van der Waals surface area (Å²) in [6, 6.07) is 5.75. The van der Waals surface area contributed by atoms with E-state index in [9.17, 15) is 8.42 Å². The Labute approximate surface area is 109 Å². The maximum atomic E-state index is 11.4. The van der Waals surface area contributed by atoms with Gasteiger partial charge < -0.3 is 4.74 Å². The first-order valence-corrected chi connectivity index (χ1v) is 7.69. The first-order valence-electron chi connectivity index (χ1n) is 6.03. The zero-order valence-corrected chi connectivity index (χ0v) is 12.2. The van der Waals surface area contributed by atoms with Crippen LogP contribution >= 0.6 is 0 Å². The van der Waals surface area contributed by atoms with Crippen molar-refractivity contribution in [1.82, 2.24) is 4.72 Å². The lowest BCUT2D eigenvalue weighted by Gasteiger charge is -2.13. The lowest BCUT2D eigenvalue weighted by molar-refractivity contribution is 0.407. The smallest absolute Gasteiger partial charge is 0.211 e. The molecule has 0 saturated heterocycles. The molecule has 1 N–H and O–H groups in total. The van der Waals surface area contributed by atoms with Crippen LogP contribution in [0, 0.1) is 0 Å². The highest BCUT2D eigenvalue weighted by Crippen LogP contribution is 2.27. The van der Waals surface area contributed by atoms with Crippen molar-refractivity contribution in [2.45, 2.75) is 33.2 Å². The number of nitrogens with one attached hydrogen (secondary N) is 1. The first-order chi connectivity index (χ1) is 8.39. The third-order valence-corrected chi connectivity index (χ3v) is 4.14. The van der Waals surface area contributed by atoms with Crippen LogP contribution in [0.5, 0.6) is 5.75 Å². The lowest BCUT2D eigenvalue weighted by atomic mass is 9.99. The standard InChI is InChI=1S/C13H21NO3S/c1-5-18(15,16)14-9-11-6-7-13(17-4)12(8-11)10(2)3/h6-8,10,14H,5,9H2,1-4H3. The van der Waals surface area contributed by atoms with Crippen molar-refractivity contribution < 1.29 is 13.2 Å². The predicted octanol–water partition coefficient (Wildman–Crippen LogP) is 2.26. The minimum atomic E-state index is -3.15. The Morgan fingerprint density at radius 1 is 1.33 bits per heavy atom. The molecule has 0 amide bonds. The Hall–Kier alpha value is -1.07. The third kappa shape index (κ3) is 3.99. The summed E-state index contributed by atoms with van der Waals surface area (Å²) in [5.74, 6) is 1.27. The SMILES string of the molecule is CCS(=O)(=O)NCc1ccc(OC)c(C(C)C)c1. The molecule has 5 heteroatoms. The van der Waals surface area contributed by atoms with Crippen LogP contribution in [0.3, 0.4) is 0 Å². The van der Waals surface area contributed by atoms with Crippen LogP contribution in [0.4, 0.5) is 0 Å². The van der Waals surface area contributed by atoms with Crippen LogP contribution < -0.4 is 9.46 Å². The highest BCUT2D eigenvalue weighted by molar-refractivity contribution is 7.89. The topological polar surface area (TPSA) is 55.4 Å². The number of rotatable bonds is 6. The highest BCUT2D eigenvalue weighted by atomic mass is 32.2. The van der Waals surface area contributed by atoms with Gasteiger partial charge in [0.1, 0.15) is 5.75 Å². The second kappa shape index (κ2) is 6.20. The van der Waals surface area contributed by atoms with Gasteiger partial charge in [0.15, 0.2) is 0 Å². The number of sulfonamides is 1. The molecule has 102 valence electrons. The average Bonchev–Trinajstić information content (AvgIpc) is 2.36. The minimum Gasteiger partial charge on any atom is -0.496 e. The summed E-state index contributed by atoms with van der Waals surface area (Å²) in [6.45, 7) is 6.10. The van der Waals surface area contributed by atoms with Crippen molar-refractivity contribution in [2.24, 2.45) is 0 Å². The van der Waals surface area contributed by atoms with E-state index in [2.05, 4.69) is 18.6 Å². The Balaban J connectivity index is 2.89. The first kappa shape index (κ1) is 15.0. The largest absolute Gasteiger partial charge is 0.496 e. The summed E-state index contributed by atoms with van der Waals surface area (Å²) in [4.78, 5) is 0. The van der Waals surface area contributed by atoms with E-state index in [1.807, 2.05) is 18.2 Å². The molecular formula is C13H21NO3S. The molecular weight excluding hydrogens is 250 g/mol. The van der Waals surface area contributed by atoms with Gasteiger partial charge in [0.2, 0.25) is 10.0 Å². The molecule has 0 radical (unpaired) electrons. The fraction of sp³-hybridized carbons (Fsp3) is 0.538. The molecule has 1 aromatic rings. The summed E-state index contributed by atoms with van der Waals surface area (Å²) >= 11 is 0. The number of hydrogen-bond acceptors (Lipinski definition) is 3. The molecule has 0 heterocycles. The summed E-state index contributed by atoms with van der Waals surface area (Å²) in [5, 5.41) is 0. The molecule has 18 heavy (non-hydrogen) atoms. The second-order valence-electron chi connectivity index (χ2n) is 4.46. The minimum absolute atomic E-state index is 0.0974. The molecule has 0 aliphatic rings. The van der Waals surface area contributed by atoms with E-state index < -0.39 is 10.0 Å². The van der Waals surface area contributed by atoms with Crippen molar-refractivity contribution in [2.75, 3.05) is 12.9 Å². The number of methoxy groups -OCH3 is 1. The van der Waals surface area contributed by atoms with Crippen LogP contribution in [0.15, 0.2) is 18.2 Å². The molecule has 1 rings (SSSR count). The zero-order valence-electron chi connectivity index (χ0n) is 11.4. The van der Waals surface area contributed by atoms with E-state index in [1.165, 1.54) is 0 Å². The molecule has 0 fully saturated rings. The molecule has 4 nitrogen and oxygen atoms in total. The zero-order chi connectivity index (χ0) is 13.8. The van der Waals surface area contributed by atoms with Gasteiger partial charge in [0, 0.05) is 6.54 Å². The quantitative estimate of drug-likeness (QED) is 0.863. The number of ether oxygens (including phenoxy) is 1. The average molecular weight is 271 g/mol. The van der Waals surface area contributed by atoms with Crippen molar-refractivity contribution >= 4 is 10.0 Å². The van der Waals surface area contributed by atoms with Gasteiger partial charge >= 0.3 is 0 Å². The fourth-order valence-electron chi connectivity index (χ4n) is 1.64. The van der Waals surface area contributed by atoms with Crippen molar-refractivity contribution in [3.63, 3.8) is 0 Å². The Bertz CT molecular complexity index is 495. The molecule has 0 spiro atoms. The second-order valence-corrected chi connectivity index (χ2v) is 6.55. The van der Waals surface area contributed by atoms with E-state index in [1.54, 1.807) is 14.0 Å². The Morgan fingerprint density at radius 3 is 2.50 bits per heavy atom. The third-order valence-electron chi connectivity index (χ3n) is 2.79. The molecule has 0 saturated carbocycles. The molecule has 0 atom stereocenters. The van der Waals surface area contributed by atoms with Gasteiger partial charge in [0.05, 0.1) is 12.9 Å². The van der Waals surface area contributed by atoms with E-state index in [0.29, 0.717) is 12.5 Å². The van der Waals surface area contributed by atoms with Crippen molar-refractivity contribution in [3.05, 3.63) is 29.3 Å². The van der Waals surface area contributed by atoms with Crippen LogP contribution in [0.1, 0.15) is 37.8 Å². The molecule has 0 aromatic heterocycles. The molecule has 0 unspecified atom stereocenters. The fourth-order valence-corrected chi connectivity index (χ4v) is 2.23. The van der Waals surface area contributed by atoms with Crippen LogP contribution in [-0.4, -0.2) is 21.3 Å². The summed E-state index contributed by atoms with van der Waals surface area (Å²) in [7, 11) is -1.51. The van der Waals surface area contributed by atoms with Crippen LogP contribution in [0.2, 0.25) is 0 Å². The molecule has 0 bridgehead atoms. The summed E-state index contributed by atoms with van der Waals surface area (Å²) < 4.78 is 30.6. The van der Waals surface area contributed by atoms with Gasteiger partial charge in [-0.25, -0.2) is 13.1 Å². The van der Waals surface area contributed by atoms with Crippen molar-refractivity contribution in [3.8, 4) is 5.75 Å². The van der Waals surface area contributed by atoms with Crippen LogP contribution in [-0.2, 0) is 16.6 Å². The maximum absolute atomic E-state index is 11.4. The highest BCUT2D eigenvalue weighted by Gasteiger charge is 2.10. The normalized spacial score (nSPS) is 11.8. The van der Waals surface area contributed by atoms with Gasteiger partial charge in [-0.3, -0.25) is 0 Å². The summed E-state index contributed by atoms with van der Waals surface area (Å²) in [6.07, 6.45) is 0. The number of benzene rings is 1. The monoisotopic (exact) mass is 271 g/mol. The maximum Gasteiger partial charge on any atom is 0.211 e.